The second kappa shape index (κ2) is 3.51. The minimum atomic E-state index is 0.287. The Bertz CT molecular complexity index is 197. The third kappa shape index (κ3) is 1.42. The van der Waals surface area contributed by atoms with Crippen molar-refractivity contribution in [3.8, 4) is 0 Å². The Labute approximate surface area is 73.9 Å². The molecule has 0 saturated carbocycles. The molecular formula is C6H5Cl3O. The average Bonchev–Trinajstić information content (AvgIpc) is 2.30. The lowest BCUT2D eigenvalue weighted by atomic mass is 10.3. The van der Waals surface area contributed by atoms with Crippen LogP contribution in [0.2, 0.25) is 5.02 Å². The lowest BCUT2D eigenvalue weighted by Crippen LogP contribution is -1.74. The van der Waals surface area contributed by atoms with Crippen molar-refractivity contribution in [3.05, 3.63) is 22.6 Å². The molecule has 0 aliphatic carbocycles. The topological polar surface area (TPSA) is 13.1 Å². The highest BCUT2D eigenvalue weighted by Gasteiger charge is 2.08. The van der Waals surface area contributed by atoms with Gasteiger partial charge in [-0.2, -0.15) is 0 Å². The first-order chi connectivity index (χ1) is 4.79. The standard InChI is InChI=1S/C6H5Cl3O/c7-1-4-3-10-5(2-8)6(4)9/h3H,1-2H2. The Morgan fingerprint density at radius 3 is 2.30 bits per heavy atom. The quantitative estimate of drug-likeness (QED) is 0.665. The van der Waals surface area contributed by atoms with E-state index in [1.807, 2.05) is 0 Å². The van der Waals surface area contributed by atoms with E-state index >= 15 is 0 Å². The van der Waals surface area contributed by atoms with Crippen LogP contribution in [-0.2, 0) is 11.8 Å². The van der Waals surface area contributed by atoms with Gasteiger partial charge in [-0.05, 0) is 0 Å². The smallest absolute Gasteiger partial charge is 0.137 e. The molecule has 0 aliphatic rings. The first-order valence-corrected chi connectivity index (χ1v) is 4.11. The van der Waals surface area contributed by atoms with Crippen molar-refractivity contribution in [2.45, 2.75) is 11.8 Å². The van der Waals surface area contributed by atoms with Crippen molar-refractivity contribution in [3.63, 3.8) is 0 Å². The van der Waals surface area contributed by atoms with Gasteiger partial charge in [-0.3, -0.25) is 0 Å². The second-order valence-corrected chi connectivity index (χ2v) is 2.68. The molecule has 56 valence electrons. The summed E-state index contributed by atoms with van der Waals surface area (Å²) >= 11 is 16.8. The van der Waals surface area contributed by atoms with E-state index in [2.05, 4.69) is 0 Å². The van der Waals surface area contributed by atoms with Crippen LogP contribution in [-0.4, -0.2) is 0 Å². The zero-order chi connectivity index (χ0) is 7.56. The van der Waals surface area contributed by atoms with Gasteiger partial charge in [0.1, 0.15) is 5.76 Å². The van der Waals surface area contributed by atoms with Crippen molar-refractivity contribution in [1.29, 1.82) is 0 Å². The molecule has 0 saturated heterocycles. The summed E-state index contributed by atoms with van der Waals surface area (Å²) in [5, 5.41) is 0.546. The molecule has 0 amide bonds. The van der Waals surface area contributed by atoms with Gasteiger partial charge in [0.25, 0.3) is 0 Å². The number of hydrogen-bond acceptors (Lipinski definition) is 1. The van der Waals surface area contributed by atoms with Gasteiger partial charge < -0.3 is 4.42 Å². The van der Waals surface area contributed by atoms with Gasteiger partial charge in [0, 0.05) is 5.56 Å². The Morgan fingerprint density at radius 1 is 1.30 bits per heavy atom. The summed E-state index contributed by atoms with van der Waals surface area (Å²) in [6, 6.07) is 0. The van der Waals surface area contributed by atoms with Crippen LogP contribution >= 0.6 is 34.8 Å². The van der Waals surface area contributed by atoms with Crippen molar-refractivity contribution in [1.82, 2.24) is 0 Å². The van der Waals surface area contributed by atoms with Gasteiger partial charge in [-0.15, -0.1) is 23.2 Å². The van der Waals surface area contributed by atoms with E-state index in [-0.39, 0.29) is 5.88 Å². The molecule has 4 heteroatoms. The molecule has 0 spiro atoms. The Morgan fingerprint density at radius 2 is 2.00 bits per heavy atom. The average molecular weight is 199 g/mol. The molecule has 0 N–H and O–H groups in total. The van der Waals surface area contributed by atoms with Gasteiger partial charge in [0.05, 0.1) is 23.0 Å². The first-order valence-electron chi connectivity index (χ1n) is 2.66. The zero-order valence-electron chi connectivity index (χ0n) is 5.03. The Hall–Kier alpha value is 0.150. The third-order valence-electron chi connectivity index (χ3n) is 1.14. The van der Waals surface area contributed by atoms with E-state index in [9.17, 15) is 0 Å². The number of alkyl halides is 2. The number of halogens is 3. The van der Waals surface area contributed by atoms with Crippen LogP contribution in [0.1, 0.15) is 11.3 Å². The van der Waals surface area contributed by atoms with Gasteiger partial charge in [0.15, 0.2) is 0 Å². The van der Waals surface area contributed by atoms with Gasteiger partial charge in [-0.25, -0.2) is 0 Å². The molecule has 10 heavy (non-hydrogen) atoms. The Kier molecular flexibility index (Phi) is 2.90. The van der Waals surface area contributed by atoms with Crippen LogP contribution < -0.4 is 0 Å². The molecule has 0 atom stereocenters. The fourth-order valence-electron chi connectivity index (χ4n) is 0.605. The second-order valence-electron chi connectivity index (χ2n) is 1.77. The SMILES string of the molecule is ClCc1coc(CCl)c1Cl. The first kappa shape index (κ1) is 8.25. The molecule has 1 aromatic heterocycles. The molecule has 0 unspecified atom stereocenters. The molecule has 1 aromatic rings. The van der Waals surface area contributed by atoms with Crippen LogP contribution in [0.4, 0.5) is 0 Å². The predicted molar refractivity (Wildman–Crippen MR) is 42.8 cm³/mol. The van der Waals surface area contributed by atoms with Crippen molar-refractivity contribution in [2.75, 3.05) is 0 Å². The van der Waals surface area contributed by atoms with Crippen molar-refractivity contribution < 1.29 is 4.42 Å². The molecule has 0 aliphatic heterocycles. The Balaban J connectivity index is 2.97. The minimum absolute atomic E-state index is 0.287. The normalized spacial score (nSPS) is 10.3. The van der Waals surface area contributed by atoms with E-state index in [0.29, 0.717) is 16.7 Å². The number of hydrogen-bond donors (Lipinski definition) is 0. The van der Waals surface area contributed by atoms with Gasteiger partial charge in [-0.1, -0.05) is 11.6 Å². The number of furan rings is 1. The summed E-state index contributed by atoms with van der Waals surface area (Å²) in [5.41, 5.74) is 0.791. The fraction of sp³-hybridized carbons (Fsp3) is 0.333. The van der Waals surface area contributed by atoms with Crippen LogP contribution in [0.3, 0.4) is 0 Å². The summed E-state index contributed by atoms with van der Waals surface area (Å²) in [7, 11) is 0. The monoisotopic (exact) mass is 198 g/mol. The fourth-order valence-corrected chi connectivity index (χ4v) is 1.36. The molecule has 0 fully saturated rings. The summed E-state index contributed by atoms with van der Waals surface area (Å²) < 4.78 is 4.99. The lowest BCUT2D eigenvalue weighted by molar-refractivity contribution is 0.528. The minimum Gasteiger partial charge on any atom is -0.466 e. The summed E-state index contributed by atoms with van der Waals surface area (Å²) in [4.78, 5) is 0. The predicted octanol–water partition coefficient (Wildman–Crippen LogP) is 3.41. The van der Waals surface area contributed by atoms with E-state index in [0.717, 1.165) is 5.56 Å². The molecule has 0 bridgehead atoms. The summed E-state index contributed by atoms with van der Waals surface area (Å²) in [5.74, 6) is 1.23. The van der Waals surface area contributed by atoms with E-state index in [1.165, 1.54) is 6.26 Å². The molecule has 0 radical (unpaired) electrons. The van der Waals surface area contributed by atoms with Crippen LogP contribution in [0.5, 0.6) is 0 Å². The van der Waals surface area contributed by atoms with Gasteiger partial charge >= 0.3 is 0 Å². The third-order valence-corrected chi connectivity index (χ3v) is 2.12. The molecular weight excluding hydrogens is 194 g/mol. The van der Waals surface area contributed by atoms with Crippen LogP contribution in [0.25, 0.3) is 0 Å². The molecule has 1 nitrogen and oxygen atoms in total. The highest BCUT2D eigenvalue weighted by molar-refractivity contribution is 6.33. The maximum absolute atomic E-state index is 5.76. The molecule has 1 rings (SSSR count). The number of rotatable bonds is 2. The van der Waals surface area contributed by atoms with E-state index in [1.54, 1.807) is 0 Å². The summed E-state index contributed by atoms with van der Waals surface area (Å²) in [6.45, 7) is 0. The summed E-state index contributed by atoms with van der Waals surface area (Å²) in [6.07, 6.45) is 1.52. The van der Waals surface area contributed by atoms with Crippen LogP contribution in [0.15, 0.2) is 10.7 Å². The molecule has 1 heterocycles. The largest absolute Gasteiger partial charge is 0.466 e. The molecule has 0 aromatic carbocycles. The van der Waals surface area contributed by atoms with Crippen LogP contribution in [0, 0.1) is 0 Å². The van der Waals surface area contributed by atoms with Crippen molar-refractivity contribution >= 4 is 34.8 Å². The van der Waals surface area contributed by atoms with E-state index < -0.39 is 0 Å². The maximum atomic E-state index is 5.76. The lowest BCUT2D eigenvalue weighted by Gasteiger charge is -1.87. The maximum Gasteiger partial charge on any atom is 0.137 e. The van der Waals surface area contributed by atoms with E-state index in [4.69, 9.17) is 39.2 Å². The highest BCUT2D eigenvalue weighted by Crippen LogP contribution is 2.25. The van der Waals surface area contributed by atoms with Crippen molar-refractivity contribution in [2.24, 2.45) is 0 Å². The zero-order valence-corrected chi connectivity index (χ0v) is 7.30. The van der Waals surface area contributed by atoms with Gasteiger partial charge in [0.2, 0.25) is 0 Å². The highest BCUT2D eigenvalue weighted by atomic mass is 35.5.